The van der Waals surface area contributed by atoms with Crippen molar-refractivity contribution in [1.29, 1.82) is 0 Å². The molecule has 106 valence electrons. The number of rotatable bonds is 5. The van der Waals surface area contributed by atoms with Crippen molar-refractivity contribution in [2.24, 2.45) is 0 Å². The van der Waals surface area contributed by atoms with Crippen molar-refractivity contribution in [3.05, 3.63) is 34.3 Å². The topological polar surface area (TPSA) is 41.1 Å². The molecular weight excluding hydrogens is 304 g/mol. The molecule has 0 aromatic heterocycles. The number of carbonyl (C=O) groups is 1. The van der Waals surface area contributed by atoms with Crippen LogP contribution in [0.2, 0.25) is 0 Å². The van der Waals surface area contributed by atoms with Crippen LogP contribution in [-0.4, -0.2) is 18.0 Å². The number of halogens is 1. The van der Waals surface area contributed by atoms with Crippen LogP contribution < -0.4 is 10.6 Å². The fourth-order valence-electron chi connectivity index (χ4n) is 1.70. The summed E-state index contributed by atoms with van der Waals surface area (Å²) in [5.41, 5.74) is 1.16. The minimum absolute atomic E-state index is 0.0373. The average Bonchev–Trinajstić information content (AvgIpc) is 2.27. The molecule has 2 N–H and O–H groups in total. The molecule has 19 heavy (non-hydrogen) atoms. The minimum atomic E-state index is 0.0373. The molecule has 0 saturated heterocycles. The van der Waals surface area contributed by atoms with Crippen LogP contribution in [0.15, 0.2) is 28.7 Å². The Hall–Kier alpha value is -0.870. The summed E-state index contributed by atoms with van der Waals surface area (Å²) >= 11 is 3.40. The lowest BCUT2D eigenvalue weighted by molar-refractivity contribution is -0.121. The second-order valence-electron chi connectivity index (χ2n) is 5.77. The maximum absolute atomic E-state index is 11.8. The number of benzene rings is 1. The monoisotopic (exact) mass is 326 g/mol. The molecule has 0 fully saturated rings. The normalized spacial score (nSPS) is 13.1. The molecule has 0 unspecified atom stereocenters. The zero-order valence-electron chi connectivity index (χ0n) is 12.1. The van der Waals surface area contributed by atoms with Gasteiger partial charge < -0.3 is 10.6 Å². The molecule has 1 rings (SSSR count). The molecule has 0 bridgehead atoms. The van der Waals surface area contributed by atoms with E-state index in [4.69, 9.17) is 0 Å². The Morgan fingerprint density at radius 2 is 1.84 bits per heavy atom. The summed E-state index contributed by atoms with van der Waals surface area (Å²) in [5.74, 6) is 0.0761. The van der Waals surface area contributed by atoms with E-state index in [0.29, 0.717) is 13.0 Å². The van der Waals surface area contributed by atoms with Crippen molar-refractivity contribution in [1.82, 2.24) is 10.6 Å². The molecule has 3 nitrogen and oxygen atoms in total. The molecular formula is C15H23BrN2O. The minimum Gasteiger partial charge on any atom is -0.350 e. The van der Waals surface area contributed by atoms with Crippen molar-refractivity contribution >= 4 is 21.8 Å². The van der Waals surface area contributed by atoms with Crippen molar-refractivity contribution in [2.75, 3.05) is 6.54 Å². The summed E-state index contributed by atoms with van der Waals surface area (Å²) in [6.45, 7) is 8.97. The van der Waals surface area contributed by atoms with Crippen LogP contribution in [0, 0.1) is 0 Å². The van der Waals surface area contributed by atoms with E-state index in [0.717, 1.165) is 10.0 Å². The SMILES string of the molecule is C[C@@H](NC(=O)CCNC(C)(C)C)c1ccc(Br)cc1. The summed E-state index contributed by atoms with van der Waals surface area (Å²) in [6, 6.07) is 8.04. The highest BCUT2D eigenvalue weighted by Crippen LogP contribution is 2.16. The van der Waals surface area contributed by atoms with E-state index in [1.807, 2.05) is 31.2 Å². The lowest BCUT2D eigenvalue weighted by Crippen LogP contribution is -2.38. The van der Waals surface area contributed by atoms with Crippen LogP contribution in [0.25, 0.3) is 0 Å². The number of amides is 1. The second-order valence-corrected chi connectivity index (χ2v) is 6.68. The van der Waals surface area contributed by atoms with Gasteiger partial charge in [-0.1, -0.05) is 28.1 Å². The molecule has 0 radical (unpaired) electrons. The van der Waals surface area contributed by atoms with Crippen LogP contribution in [0.1, 0.15) is 45.7 Å². The Morgan fingerprint density at radius 1 is 1.26 bits per heavy atom. The third kappa shape index (κ3) is 6.73. The molecule has 1 aromatic rings. The van der Waals surface area contributed by atoms with Gasteiger partial charge in [-0.3, -0.25) is 4.79 Å². The van der Waals surface area contributed by atoms with Crippen LogP contribution in [-0.2, 0) is 4.79 Å². The maximum Gasteiger partial charge on any atom is 0.221 e. The predicted molar refractivity (Wildman–Crippen MR) is 83.1 cm³/mol. The Bertz CT molecular complexity index is 409. The largest absolute Gasteiger partial charge is 0.350 e. The molecule has 1 aromatic carbocycles. The van der Waals surface area contributed by atoms with E-state index in [-0.39, 0.29) is 17.5 Å². The van der Waals surface area contributed by atoms with Gasteiger partial charge in [0.25, 0.3) is 0 Å². The van der Waals surface area contributed by atoms with E-state index < -0.39 is 0 Å². The molecule has 0 saturated carbocycles. The fourth-order valence-corrected chi connectivity index (χ4v) is 1.96. The Kier molecular flexibility index (Phi) is 6.01. The number of carbonyl (C=O) groups excluding carboxylic acids is 1. The van der Waals surface area contributed by atoms with Crippen LogP contribution in [0.4, 0.5) is 0 Å². The van der Waals surface area contributed by atoms with Gasteiger partial charge in [-0.15, -0.1) is 0 Å². The summed E-state index contributed by atoms with van der Waals surface area (Å²) in [4.78, 5) is 11.8. The van der Waals surface area contributed by atoms with Crippen LogP contribution in [0.5, 0.6) is 0 Å². The Morgan fingerprint density at radius 3 is 2.37 bits per heavy atom. The first kappa shape index (κ1) is 16.2. The molecule has 0 spiro atoms. The Labute approximate surface area is 124 Å². The highest BCUT2D eigenvalue weighted by molar-refractivity contribution is 9.10. The smallest absolute Gasteiger partial charge is 0.221 e. The molecule has 1 amide bonds. The summed E-state index contributed by atoms with van der Waals surface area (Å²) in [7, 11) is 0. The van der Waals surface area contributed by atoms with Gasteiger partial charge in [0, 0.05) is 23.0 Å². The molecule has 0 aliphatic rings. The molecule has 4 heteroatoms. The van der Waals surface area contributed by atoms with Gasteiger partial charge in [-0.2, -0.15) is 0 Å². The van der Waals surface area contributed by atoms with Crippen molar-refractivity contribution < 1.29 is 4.79 Å². The van der Waals surface area contributed by atoms with Gasteiger partial charge in [0.1, 0.15) is 0 Å². The standard InChI is InChI=1S/C15H23BrN2O/c1-11(12-5-7-13(16)8-6-12)18-14(19)9-10-17-15(2,3)4/h5-8,11,17H,9-10H2,1-4H3,(H,18,19)/t11-/m1/s1. The number of nitrogens with one attached hydrogen (secondary N) is 2. The predicted octanol–water partition coefficient (Wildman–Crippen LogP) is 3.40. The first-order valence-corrected chi connectivity index (χ1v) is 7.37. The quantitative estimate of drug-likeness (QED) is 0.870. The fraction of sp³-hybridized carbons (Fsp3) is 0.533. The van der Waals surface area contributed by atoms with E-state index in [1.165, 1.54) is 0 Å². The zero-order chi connectivity index (χ0) is 14.5. The number of hydrogen-bond donors (Lipinski definition) is 2. The van der Waals surface area contributed by atoms with Gasteiger partial charge >= 0.3 is 0 Å². The van der Waals surface area contributed by atoms with Crippen molar-refractivity contribution in [3.8, 4) is 0 Å². The second kappa shape index (κ2) is 7.06. The Balaban J connectivity index is 2.38. The van der Waals surface area contributed by atoms with Gasteiger partial charge in [0.15, 0.2) is 0 Å². The van der Waals surface area contributed by atoms with E-state index in [2.05, 4.69) is 47.3 Å². The van der Waals surface area contributed by atoms with Crippen molar-refractivity contribution in [2.45, 2.75) is 45.7 Å². The van der Waals surface area contributed by atoms with Gasteiger partial charge in [-0.25, -0.2) is 0 Å². The molecule has 1 atom stereocenters. The summed E-state index contributed by atoms with van der Waals surface area (Å²) in [5, 5.41) is 6.31. The highest BCUT2D eigenvalue weighted by atomic mass is 79.9. The first-order chi connectivity index (χ1) is 8.78. The number of hydrogen-bond acceptors (Lipinski definition) is 2. The van der Waals surface area contributed by atoms with Crippen LogP contribution in [0.3, 0.4) is 0 Å². The van der Waals surface area contributed by atoms with Gasteiger partial charge in [0.2, 0.25) is 5.91 Å². The highest BCUT2D eigenvalue weighted by Gasteiger charge is 2.12. The molecule has 0 aliphatic carbocycles. The molecule has 0 heterocycles. The van der Waals surface area contributed by atoms with Gasteiger partial charge in [-0.05, 0) is 45.4 Å². The lowest BCUT2D eigenvalue weighted by Gasteiger charge is -2.21. The third-order valence-corrected chi connectivity index (χ3v) is 3.28. The van der Waals surface area contributed by atoms with Crippen LogP contribution >= 0.6 is 15.9 Å². The van der Waals surface area contributed by atoms with Gasteiger partial charge in [0.05, 0.1) is 6.04 Å². The molecule has 0 aliphatic heterocycles. The first-order valence-electron chi connectivity index (χ1n) is 6.58. The average molecular weight is 327 g/mol. The third-order valence-electron chi connectivity index (χ3n) is 2.75. The maximum atomic E-state index is 11.8. The summed E-state index contributed by atoms with van der Waals surface area (Å²) in [6.07, 6.45) is 0.498. The zero-order valence-corrected chi connectivity index (χ0v) is 13.7. The van der Waals surface area contributed by atoms with Crippen molar-refractivity contribution in [3.63, 3.8) is 0 Å². The van der Waals surface area contributed by atoms with E-state index in [1.54, 1.807) is 0 Å². The van der Waals surface area contributed by atoms with E-state index >= 15 is 0 Å². The summed E-state index contributed by atoms with van der Waals surface area (Å²) < 4.78 is 1.05. The van der Waals surface area contributed by atoms with E-state index in [9.17, 15) is 4.79 Å². The lowest BCUT2D eigenvalue weighted by atomic mass is 10.1.